The highest BCUT2D eigenvalue weighted by atomic mass is 16.6. The zero-order chi connectivity index (χ0) is 10.7. The number of carbonyl (C=O) groups is 1. The highest BCUT2D eigenvalue weighted by molar-refractivity contribution is 5.78. The smallest absolute Gasteiger partial charge is 0.353 e. The number of ether oxygens (including phenoxy) is 1. The van der Waals surface area contributed by atoms with Gasteiger partial charge in [0.2, 0.25) is 5.72 Å². The Labute approximate surface area is 79.1 Å². The number of carbonyl (C=O) groups excluding carboxylic acids is 1. The van der Waals surface area contributed by atoms with Crippen molar-refractivity contribution in [3.63, 3.8) is 0 Å². The molecule has 4 nitrogen and oxygen atoms in total. The van der Waals surface area contributed by atoms with Gasteiger partial charge < -0.3 is 9.84 Å². The Morgan fingerprint density at radius 1 is 1.46 bits per heavy atom. The summed E-state index contributed by atoms with van der Waals surface area (Å²) in [6.45, 7) is 7.02. The molecule has 3 N–H and O–H groups in total. The molecule has 0 aromatic heterocycles. The molecule has 0 spiro atoms. The van der Waals surface area contributed by atoms with Crippen LogP contribution in [0, 0.1) is 0 Å². The summed E-state index contributed by atoms with van der Waals surface area (Å²) in [4.78, 5) is 11.3. The van der Waals surface area contributed by atoms with E-state index >= 15 is 0 Å². The molecule has 0 aliphatic carbocycles. The van der Waals surface area contributed by atoms with Crippen LogP contribution < -0.4 is 5.73 Å². The van der Waals surface area contributed by atoms with Crippen LogP contribution in [0.3, 0.4) is 0 Å². The van der Waals surface area contributed by atoms with Gasteiger partial charge in [-0.2, -0.15) is 0 Å². The Hall–Kier alpha value is -0.610. The topological polar surface area (TPSA) is 72.5 Å². The quantitative estimate of drug-likeness (QED) is 0.508. The van der Waals surface area contributed by atoms with E-state index in [4.69, 9.17) is 10.5 Å². The lowest BCUT2D eigenvalue weighted by atomic mass is 10.1. The molecule has 0 aliphatic heterocycles. The number of aliphatic hydroxyl groups is 1. The molecule has 4 heteroatoms. The fraction of sp³-hybridized carbons (Fsp3) is 0.889. The van der Waals surface area contributed by atoms with Crippen molar-refractivity contribution in [3.05, 3.63) is 0 Å². The molecule has 0 saturated carbocycles. The van der Waals surface area contributed by atoms with Crippen LogP contribution in [0.25, 0.3) is 0 Å². The minimum absolute atomic E-state index is 0.210. The minimum atomic E-state index is -1.85. The van der Waals surface area contributed by atoms with Gasteiger partial charge in [0.25, 0.3) is 0 Å². The first-order valence-corrected chi connectivity index (χ1v) is 4.44. The van der Waals surface area contributed by atoms with Gasteiger partial charge in [-0.15, -0.1) is 0 Å². The molecule has 13 heavy (non-hydrogen) atoms. The van der Waals surface area contributed by atoms with Crippen molar-refractivity contribution in [1.29, 1.82) is 0 Å². The van der Waals surface area contributed by atoms with Gasteiger partial charge in [-0.25, -0.2) is 4.79 Å². The Bertz CT molecular complexity index is 182. The van der Waals surface area contributed by atoms with Crippen molar-refractivity contribution in [3.8, 4) is 0 Å². The van der Waals surface area contributed by atoms with E-state index in [0.717, 1.165) is 0 Å². The van der Waals surface area contributed by atoms with Gasteiger partial charge >= 0.3 is 5.97 Å². The van der Waals surface area contributed by atoms with Crippen molar-refractivity contribution >= 4 is 5.97 Å². The molecule has 0 aromatic rings. The maximum atomic E-state index is 11.3. The summed E-state index contributed by atoms with van der Waals surface area (Å²) in [5.41, 5.74) is 2.90. The maximum absolute atomic E-state index is 11.3. The largest absolute Gasteiger partial charge is 0.457 e. The lowest BCUT2D eigenvalue weighted by Crippen LogP contribution is -2.50. The van der Waals surface area contributed by atoms with E-state index in [1.54, 1.807) is 20.8 Å². The third kappa shape index (κ3) is 4.85. The second kappa shape index (κ2) is 4.07. The third-order valence-electron chi connectivity index (χ3n) is 1.38. The fourth-order valence-corrected chi connectivity index (χ4v) is 0.850. The third-order valence-corrected chi connectivity index (χ3v) is 1.38. The zero-order valence-electron chi connectivity index (χ0n) is 8.76. The van der Waals surface area contributed by atoms with Gasteiger partial charge in [-0.1, -0.05) is 13.3 Å². The number of hydrogen-bond acceptors (Lipinski definition) is 4. The Morgan fingerprint density at radius 2 is 1.92 bits per heavy atom. The SMILES string of the molecule is CCC[C@@](N)(O)C(=O)OC(C)(C)C. The van der Waals surface area contributed by atoms with E-state index in [1.807, 2.05) is 6.92 Å². The van der Waals surface area contributed by atoms with Crippen molar-refractivity contribution in [2.45, 2.75) is 51.9 Å². The fourth-order valence-electron chi connectivity index (χ4n) is 0.850. The number of nitrogens with two attached hydrogens (primary N) is 1. The Morgan fingerprint density at radius 3 is 2.23 bits per heavy atom. The van der Waals surface area contributed by atoms with Gasteiger partial charge in [0.1, 0.15) is 5.60 Å². The first-order valence-electron chi connectivity index (χ1n) is 4.44. The summed E-state index contributed by atoms with van der Waals surface area (Å²) in [6, 6.07) is 0. The summed E-state index contributed by atoms with van der Waals surface area (Å²) in [5.74, 6) is -0.762. The molecule has 0 saturated heterocycles. The monoisotopic (exact) mass is 189 g/mol. The molecule has 0 rings (SSSR count). The molecule has 78 valence electrons. The Kier molecular flexibility index (Phi) is 3.88. The average Bonchev–Trinajstić information content (AvgIpc) is 1.82. The number of hydrogen-bond donors (Lipinski definition) is 2. The van der Waals surface area contributed by atoms with E-state index in [0.29, 0.717) is 6.42 Å². The summed E-state index contributed by atoms with van der Waals surface area (Å²) in [6.07, 6.45) is 0.841. The van der Waals surface area contributed by atoms with Crippen molar-refractivity contribution in [2.75, 3.05) is 0 Å². The predicted molar refractivity (Wildman–Crippen MR) is 49.9 cm³/mol. The Balaban J connectivity index is 4.25. The highest BCUT2D eigenvalue weighted by Gasteiger charge is 2.34. The zero-order valence-corrected chi connectivity index (χ0v) is 8.76. The van der Waals surface area contributed by atoms with Crippen LogP contribution in [0.15, 0.2) is 0 Å². The molecule has 0 bridgehead atoms. The van der Waals surface area contributed by atoms with Gasteiger partial charge in [-0.3, -0.25) is 5.73 Å². The van der Waals surface area contributed by atoms with E-state index in [2.05, 4.69) is 0 Å². The standard InChI is InChI=1S/C9H19NO3/c1-5-6-9(10,12)7(11)13-8(2,3)4/h12H,5-6,10H2,1-4H3/t9-/m1/s1. The average molecular weight is 189 g/mol. The molecule has 0 amide bonds. The minimum Gasteiger partial charge on any atom is -0.457 e. The molecule has 0 fully saturated rings. The number of rotatable bonds is 3. The molecule has 0 aromatic carbocycles. The molecule has 0 aliphatic rings. The van der Waals surface area contributed by atoms with Crippen molar-refractivity contribution < 1.29 is 14.6 Å². The normalized spacial score (nSPS) is 16.5. The van der Waals surface area contributed by atoms with Crippen LogP contribution in [-0.2, 0) is 9.53 Å². The van der Waals surface area contributed by atoms with Crippen LogP contribution in [0.1, 0.15) is 40.5 Å². The second-order valence-corrected chi connectivity index (χ2v) is 4.18. The summed E-state index contributed by atoms with van der Waals surface area (Å²) < 4.78 is 4.94. The second-order valence-electron chi connectivity index (χ2n) is 4.18. The first-order chi connectivity index (χ1) is 5.69. The van der Waals surface area contributed by atoms with E-state index < -0.39 is 17.3 Å². The van der Waals surface area contributed by atoms with E-state index in [1.165, 1.54) is 0 Å². The van der Waals surface area contributed by atoms with Gasteiger partial charge in [-0.05, 0) is 20.8 Å². The molecule has 0 heterocycles. The lowest BCUT2D eigenvalue weighted by molar-refractivity contribution is -0.177. The first kappa shape index (κ1) is 12.4. The summed E-state index contributed by atoms with van der Waals surface area (Å²) in [7, 11) is 0. The summed E-state index contributed by atoms with van der Waals surface area (Å²) in [5, 5.41) is 9.45. The van der Waals surface area contributed by atoms with Crippen LogP contribution in [0.4, 0.5) is 0 Å². The molecule has 1 atom stereocenters. The van der Waals surface area contributed by atoms with Gasteiger partial charge in [0.05, 0.1) is 0 Å². The molecule has 0 radical (unpaired) electrons. The van der Waals surface area contributed by atoms with Crippen molar-refractivity contribution in [2.24, 2.45) is 5.73 Å². The van der Waals surface area contributed by atoms with Gasteiger partial charge in [0, 0.05) is 6.42 Å². The van der Waals surface area contributed by atoms with Crippen LogP contribution >= 0.6 is 0 Å². The highest BCUT2D eigenvalue weighted by Crippen LogP contribution is 2.14. The van der Waals surface area contributed by atoms with Crippen molar-refractivity contribution in [1.82, 2.24) is 0 Å². The lowest BCUT2D eigenvalue weighted by Gasteiger charge is -2.26. The van der Waals surface area contributed by atoms with Gasteiger partial charge in [0.15, 0.2) is 0 Å². The maximum Gasteiger partial charge on any atom is 0.353 e. The van der Waals surface area contributed by atoms with Crippen LogP contribution in [0.2, 0.25) is 0 Å². The summed E-state index contributed by atoms with van der Waals surface area (Å²) >= 11 is 0. The molecular formula is C9H19NO3. The predicted octanol–water partition coefficient (Wildman–Crippen LogP) is 0.775. The number of esters is 1. The van der Waals surface area contributed by atoms with E-state index in [9.17, 15) is 9.90 Å². The van der Waals surface area contributed by atoms with Crippen LogP contribution in [0.5, 0.6) is 0 Å². The van der Waals surface area contributed by atoms with Crippen LogP contribution in [-0.4, -0.2) is 22.4 Å². The molecule has 0 unspecified atom stereocenters. The van der Waals surface area contributed by atoms with E-state index in [-0.39, 0.29) is 6.42 Å². The molecular weight excluding hydrogens is 170 g/mol.